The Hall–Kier alpha value is -1.11. The minimum Gasteiger partial charge on any atom is -0.480 e. The van der Waals surface area contributed by atoms with E-state index in [1.165, 1.54) is 0 Å². The van der Waals surface area contributed by atoms with E-state index in [0.29, 0.717) is 5.02 Å². The molecule has 0 aliphatic heterocycles. The van der Waals surface area contributed by atoms with E-state index >= 15 is 0 Å². The fraction of sp³-hybridized carbons (Fsp3) is 0.462. The summed E-state index contributed by atoms with van der Waals surface area (Å²) in [4.78, 5) is 11.0. The first-order chi connectivity index (χ1) is 9.21. The Balaban J connectivity index is 2.68. The zero-order chi connectivity index (χ0) is 15.3. The van der Waals surface area contributed by atoms with Crippen LogP contribution in [0, 0.1) is 5.92 Å². The molecule has 0 heterocycles. The summed E-state index contributed by atoms with van der Waals surface area (Å²) in [6.07, 6.45) is 0.278. The molecule has 5 nitrogen and oxygen atoms in total. The molecule has 0 bridgehead atoms. The number of benzene rings is 1. The van der Waals surface area contributed by atoms with Crippen LogP contribution in [0.15, 0.2) is 24.3 Å². The highest BCUT2D eigenvalue weighted by Crippen LogP contribution is 2.12. The minimum absolute atomic E-state index is 0.177. The number of rotatable bonds is 7. The highest BCUT2D eigenvalue weighted by molar-refractivity contribution is 7.89. The maximum atomic E-state index is 11.9. The molecule has 7 heteroatoms. The first-order valence-electron chi connectivity index (χ1n) is 6.18. The quantitative estimate of drug-likeness (QED) is 0.804. The number of halogens is 1. The van der Waals surface area contributed by atoms with Gasteiger partial charge < -0.3 is 5.11 Å². The lowest BCUT2D eigenvalue weighted by atomic mass is 10.1. The highest BCUT2D eigenvalue weighted by atomic mass is 35.5. The second kappa shape index (κ2) is 7.06. The van der Waals surface area contributed by atoms with Crippen molar-refractivity contribution in [2.45, 2.75) is 26.3 Å². The maximum absolute atomic E-state index is 11.9. The molecule has 1 atom stereocenters. The van der Waals surface area contributed by atoms with E-state index in [-0.39, 0.29) is 18.1 Å². The summed E-state index contributed by atoms with van der Waals surface area (Å²) in [5, 5.41) is 9.52. The number of nitrogens with one attached hydrogen (secondary N) is 1. The number of carboxylic acids is 1. The molecule has 1 aromatic carbocycles. The molecule has 0 aliphatic rings. The van der Waals surface area contributed by atoms with Crippen molar-refractivity contribution < 1.29 is 18.3 Å². The van der Waals surface area contributed by atoms with Gasteiger partial charge in [-0.3, -0.25) is 4.79 Å². The summed E-state index contributed by atoms with van der Waals surface area (Å²) in [5.41, 5.74) is 0.791. The maximum Gasteiger partial charge on any atom is 0.321 e. The third-order valence-electron chi connectivity index (χ3n) is 2.79. The summed E-state index contributed by atoms with van der Waals surface area (Å²) >= 11 is 5.82. The molecule has 20 heavy (non-hydrogen) atoms. The molecule has 2 N–H and O–H groups in total. The van der Waals surface area contributed by atoms with Gasteiger partial charge in [0, 0.05) is 5.02 Å². The van der Waals surface area contributed by atoms with E-state index in [0.717, 1.165) is 5.56 Å². The molecule has 0 amide bonds. The summed E-state index contributed by atoms with van der Waals surface area (Å²) in [6.45, 7) is 3.30. The highest BCUT2D eigenvalue weighted by Gasteiger charge is 2.26. The monoisotopic (exact) mass is 319 g/mol. The lowest BCUT2D eigenvalue weighted by Gasteiger charge is -2.17. The Morgan fingerprint density at radius 1 is 1.40 bits per heavy atom. The van der Waals surface area contributed by atoms with Gasteiger partial charge in [-0.2, -0.15) is 0 Å². The standard InChI is InChI=1S/C13H18ClNO4S/c1-9(2)12(13(16)17)15-20(18,19)7-6-10-4-3-5-11(14)8-10/h3-5,8-9,12,15H,6-7H2,1-2H3,(H,16,17)/t12-/m0/s1. The van der Waals surface area contributed by atoms with Crippen LogP contribution in [0.4, 0.5) is 0 Å². The van der Waals surface area contributed by atoms with E-state index in [1.807, 2.05) is 0 Å². The third-order valence-corrected chi connectivity index (χ3v) is 4.38. The Bertz CT molecular complexity index is 571. The average Bonchev–Trinajstić information content (AvgIpc) is 2.33. The topological polar surface area (TPSA) is 83.5 Å². The van der Waals surface area contributed by atoms with Crippen LogP contribution in [-0.4, -0.2) is 31.3 Å². The lowest BCUT2D eigenvalue weighted by Crippen LogP contribution is -2.45. The van der Waals surface area contributed by atoms with Crippen molar-refractivity contribution in [2.24, 2.45) is 5.92 Å². The molecule has 0 unspecified atom stereocenters. The molecule has 0 saturated heterocycles. The van der Waals surface area contributed by atoms with Crippen molar-refractivity contribution in [3.63, 3.8) is 0 Å². The van der Waals surface area contributed by atoms with Gasteiger partial charge in [-0.1, -0.05) is 37.6 Å². The SMILES string of the molecule is CC(C)[C@H](NS(=O)(=O)CCc1cccc(Cl)c1)C(=O)O. The fourth-order valence-corrected chi connectivity index (χ4v) is 3.26. The average molecular weight is 320 g/mol. The summed E-state index contributed by atoms with van der Waals surface area (Å²) in [7, 11) is -3.66. The van der Waals surface area contributed by atoms with E-state index < -0.39 is 22.0 Å². The minimum atomic E-state index is -3.66. The predicted molar refractivity (Wildman–Crippen MR) is 78.3 cm³/mol. The molecular formula is C13H18ClNO4S. The Morgan fingerprint density at radius 3 is 2.55 bits per heavy atom. The van der Waals surface area contributed by atoms with Crippen LogP contribution in [-0.2, 0) is 21.2 Å². The van der Waals surface area contributed by atoms with Crippen molar-refractivity contribution in [2.75, 3.05) is 5.75 Å². The number of carbonyl (C=O) groups is 1. The van der Waals surface area contributed by atoms with Crippen LogP contribution in [0.2, 0.25) is 5.02 Å². The molecule has 0 aromatic heterocycles. The van der Waals surface area contributed by atoms with Crippen molar-refractivity contribution >= 4 is 27.6 Å². The van der Waals surface area contributed by atoms with E-state index in [9.17, 15) is 13.2 Å². The number of hydrogen-bond donors (Lipinski definition) is 2. The van der Waals surface area contributed by atoms with Gasteiger partial charge in [-0.15, -0.1) is 0 Å². The normalized spacial score (nSPS) is 13.4. The van der Waals surface area contributed by atoms with Gasteiger partial charge in [0.1, 0.15) is 6.04 Å². The first-order valence-corrected chi connectivity index (χ1v) is 8.21. The van der Waals surface area contributed by atoms with Crippen LogP contribution < -0.4 is 4.72 Å². The molecule has 1 rings (SSSR count). The summed E-state index contributed by atoms with van der Waals surface area (Å²) in [5.74, 6) is -1.68. The first kappa shape index (κ1) is 16.9. The number of carboxylic acid groups (broad SMARTS) is 1. The van der Waals surface area contributed by atoms with Crippen LogP contribution in [0.1, 0.15) is 19.4 Å². The van der Waals surface area contributed by atoms with E-state index in [2.05, 4.69) is 4.72 Å². The van der Waals surface area contributed by atoms with Crippen LogP contribution in [0.3, 0.4) is 0 Å². The summed E-state index contributed by atoms with van der Waals surface area (Å²) < 4.78 is 26.0. The van der Waals surface area contributed by atoms with Gasteiger partial charge in [0.05, 0.1) is 5.75 Å². The number of aryl methyl sites for hydroxylation is 1. The van der Waals surface area contributed by atoms with Gasteiger partial charge in [-0.05, 0) is 30.0 Å². The Morgan fingerprint density at radius 2 is 2.05 bits per heavy atom. The third kappa shape index (κ3) is 5.48. The molecule has 112 valence electrons. The molecule has 1 aromatic rings. The molecular weight excluding hydrogens is 302 g/mol. The van der Waals surface area contributed by atoms with Gasteiger partial charge in [0.2, 0.25) is 10.0 Å². The fourth-order valence-electron chi connectivity index (χ4n) is 1.67. The van der Waals surface area contributed by atoms with Crippen LogP contribution in [0.5, 0.6) is 0 Å². The Kier molecular flexibility index (Phi) is 5.98. The molecule has 0 saturated carbocycles. The van der Waals surface area contributed by atoms with Gasteiger partial charge >= 0.3 is 5.97 Å². The van der Waals surface area contributed by atoms with Crippen molar-refractivity contribution in [3.05, 3.63) is 34.9 Å². The van der Waals surface area contributed by atoms with Gasteiger partial charge in [0.25, 0.3) is 0 Å². The predicted octanol–water partition coefficient (Wildman–Crippen LogP) is 1.91. The number of sulfonamides is 1. The molecule has 0 radical (unpaired) electrons. The lowest BCUT2D eigenvalue weighted by molar-refractivity contribution is -0.140. The second-order valence-corrected chi connectivity index (χ2v) is 7.19. The van der Waals surface area contributed by atoms with Crippen molar-refractivity contribution in [1.82, 2.24) is 4.72 Å². The number of hydrogen-bond acceptors (Lipinski definition) is 3. The smallest absolute Gasteiger partial charge is 0.321 e. The second-order valence-electron chi connectivity index (χ2n) is 4.88. The van der Waals surface area contributed by atoms with Gasteiger partial charge in [-0.25, -0.2) is 13.1 Å². The largest absolute Gasteiger partial charge is 0.480 e. The van der Waals surface area contributed by atoms with Crippen molar-refractivity contribution in [3.8, 4) is 0 Å². The molecule has 0 aliphatic carbocycles. The van der Waals surface area contributed by atoms with E-state index in [4.69, 9.17) is 16.7 Å². The summed E-state index contributed by atoms with van der Waals surface area (Å²) in [6, 6.07) is 5.80. The number of aliphatic carboxylic acids is 1. The zero-order valence-electron chi connectivity index (χ0n) is 11.3. The van der Waals surface area contributed by atoms with Gasteiger partial charge in [0.15, 0.2) is 0 Å². The van der Waals surface area contributed by atoms with Crippen LogP contribution >= 0.6 is 11.6 Å². The molecule has 0 spiro atoms. The Labute approximate surface area is 124 Å². The van der Waals surface area contributed by atoms with E-state index in [1.54, 1.807) is 38.1 Å². The molecule has 0 fully saturated rings. The van der Waals surface area contributed by atoms with Crippen LogP contribution in [0.25, 0.3) is 0 Å². The van der Waals surface area contributed by atoms with Crippen molar-refractivity contribution in [1.29, 1.82) is 0 Å². The zero-order valence-corrected chi connectivity index (χ0v) is 12.9.